The summed E-state index contributed by atoms with van der Waals surface area (Å²) in [5.74, 6) is -1.17. The van der Waals surface area contributed by atoms with Gasteiger partial charge in [-0.05, 0) is 73.4 Å². The molecule has 1 aliphatic carbocycles. The molecule has 1 aliphatic heterocycles. The fraction of sp³-hybridized carbons (Fsp3) is 0.455. The Morgan fingerprint density at radius 3 is 2.48 bits per heavy atom. The summed E-state index contributed by atoms with van der Waals surface area (Å²) in [5, 5.41) is 9.71. The number of nitrogens with zero attached hydrogens (tertiary/aromatic N) is 1. The highest BCUT2D eigenvalue weighted by Crippen LogP contribution is 2.28. The minimum Gasteiger partial charge on any atom is -0.361 e. The number of rotatable bonds is 9. The quantitative estimate of drug-likeness (QED) is 0.315. The molecule has 222 valence electrons. The first-order chi connectivity index (χ1) is 20.2. The number of piperazine rings is 1. The van der Waals surface area contributed by atoms with Crippen molar-refractivity contribution in [3.05, 3.63) is 70.4 Å². The van der Waals surface area contributed by atoms with Crippen molar-refractivity contribution in [2.24, 2.45) is 5.92 Å². The van der Waals surface area contributed by atoms with Gasteiger partial charge in [0.2, 0.25) is 23.6 Å². The Morgan fingerprint density at radius 1 is 1.02 bits per heavy atom. The third-order valence-corrected chi connectivity index (χ3v) is 8.89. The van der Waals surface area contributed by atoms with E-state index < -0.39 is 18.0 Å². The van der Waals surface area contributed by atoms with Gasteiger partial charge in [0, 0.05) is 30.1 Å². The van der Waals surface area contributed by atoms with E-state index in [4.69, 9.17) is 0 Å². The first kappa shape index (κ1) is 29.4. The summed E-state index contributed by atoms with van der Waals surface area (Å²) in [6.07, 6.45) is 7.13. The molecular formula is C33H41N5O4. The van der Waals surface area contributed by atoms with Gasteiger partial charge in [0.25, 0.3) is 0 Å². The van der Waals surface area contributed by atoms with Crippen LogP contribution in [0.15, 0.2) is 42.6 Å². The zero-order chi connectivity index (χ0) is 29.8. The Hall–Kier alpha value is -4.14. The number of aryl methyl sites for hydroxylation is 2. The molecule has 0 bridgehead atoms. The summed E-state index contributed by atoms with van der Waals surface area (Å²) in [5.41, 5.74) is 6.37. The minimum atomic E-state index is -0.868. The first-order valence-corrected chi connectivity index (χ1v) is 15.0. The highest BCUT2D eigenvalue weighted by molar-refractivity contribution is 5.98. The first-order valence-electron chi connectivity index (χ1n) is 15.0. The van der Waals surface area contributed by atoms with Crippen LogP contribution in [0.2, 0.25) is 0 Å². The average molecular weight is 572 g/mol. The van der Waals surface area contributed by atoms with Crippen LogP contribution >= 0.6 is 0 Å². The van der Waals surface area contributed by atoms with Crippen LogP contribution in [-0.4, -0.2) is 58.7 Å². The number of carbonyl (C=O) groups is 4. The summed E-state index contributed by atoms with van der Waals surface area (Å²) in [6, 6.07) is 10.5. The van der Waals surface area contributed by atoms with Crippen LogP contribution in [0, 0.1) is 26.7 Å². The Morgan fingerprint density at radius 2 is 1.74 bits per heavy atom. The van der Waals surface area contributed by atoms with Crippen LogP contribution in [0.25, 0.3) is 10.9 Å². The molecule has 2 aliphatic rings. The lowest BCUT2D eigenvalue weighted by Crippen LogP contribution is -2.62. The lowest BCUT2D eigenvalue weighted by atomic mass is 9.82. The van der Waals surface area contributed by atoms with Gasteiger partial charge in [0.05, 0.1) is 0 Å². The number of hydrogen-bond donors (Lipinski definition) is 4. The second-order valence-corrected chi connectivity index (χ2v) is 11.9. The molecule has 0 spiro atoms. The Labute approximate surface area is 246 Å². The number of nitrogens with one attached hydrogen (secondary N) is 4. The Kier molecular flexibility index (Phi) is 8.94. The topological polar surface area (TPSA) is 123 Å². The van der Waals surface area contributed by atoms with E-state index in [0.29, 0.717) is 6.54 Å². The van der Waals surface area contributed by atoms with E-state index >= 15 is 0 Å². The zero-order valence-electron chi connectivity index (χ0n) is 24.7. The van der Waals surface area contributed by atoms with Crippen LogP contribution < -0.4 is 16.0 Å². The third kappa shape index (κ3) is 6.66. The zero-order valence-corrected chi connectivity index (χ0v) is 24.7. The minimum absolute atomic E-state index is 0.0931. The van der Waals surface area contributed by atoms with Crippen LogP contribution in [0.5, 0.6) is 0 Å². The van der Waals surface area contributed by atoms with Gasteiger partial charge in [-0.3, -0.25) is 19.2 Å². The highest BCUT2D eigenvalue weighted by atomic mass is 16.2. The van der Waals surface area contributed by atoms with Gasteiger partial charge in [-0.15, -0.1) is 0 Å². The molecule has 2 heterocycles. The predicted octanol–water partition coefficient (Wildman–Crippen LogP) is 3.34. The van der Waals surface area contributed by atoms with E-state index in [-0.39, 0.29) is 43.1 Å². The number of benzene rings is 2. The van der Waals surface area contributed by atoms with Crippen molar-refractivity contribution in [3.8, 4) is 0 Å². The van der Waals surface area contributed by atoms with E-state index in [1.807, 2.05) is 30.5 Å². The Balaban J connectivity index is 1.30. The van der Waals surface area contributed by atoms with Crippen molar-refractivity contribution >= 4 is 34.5 Å². The van der Waals surface area contributed by atoms with Gasteiger partial charge in [0.1, 0.15) is 25.2 Å². The molecule has 2 fully saturated rings. The standard InChI is InChI=1S/C33H41N5O4/c1-20-13-23(14-21(2)22(20)3)16-35-32(41)28(15-25-17-34-27-12-8-7-11-26(25)27)36-29(39)18-38-19-30(40)37-31(33(38)42)24-9-5-4-6-10-24/h7-8,11-14,17,24,28,31,34H,4-6,9-10,15-16,18-19H2,1-3H3,(H,35,41)(H,36,39)(H,37,40). The number of fused-ring (bicyclic) bond motifs is 1. The lowest BCUT2D eigenvalue weighted by molar-refractivity contribution is -0.148. The molecule has 2 aromatic carbocycles. The summed E-state index contributed by atoms with van der Waals surface area (Å²) >= 11 is 0. The average Bonchev–Trinajstić information content (AvgIpc) is 3.39. The van der Waals surface area contributed by atoms with E-state index in [2.05, 4.69) is 53.8 Å². The monoisotopic (exact) mass is 571 g/mol. The van der Waals surface area contributed by atoms with Crippen molar-refractivity contribution in [3.63, 3.8) is 0 Å². The van der Waals surface area contributed by atoms with Crippen molar-refractivity contribution in [1.29, 1.82) is 0 Å². The second-order valence-electron chi connectivity index (χ2n) is 11.9. The molecule has 4 amide bonds. The molecule has 1 saturated heterocycles. The number of H-pyrrole nitrogens is 1. The molecule has 1 aromatic heterocycles. The van der Waals surface area contributed by atoms with Crippen molar-refractivity contribution in [1.82, 2.24) is 25.8 Å². The molecule has 2 atom stereocenters. The van der Waals surface area contributed by atoms with E-state index in [1.165, 1.54) is 10.5 Å². The molecule has 42 heavy (non-hydrogen) atoms. The second kappa shape index (κ2) is 12.8. The molecular weight excluding hydrogens is 530 g/mol. The van der Waals surface area contributed by atoms with Gasteiger partial charge in [-0.2, -0.15) is 0 Å². The number of aromatic nitrogens is 1. The maximum absolute atomic E-state index is 13.5. The van der Waals surface area contributed by atoms with Gasteiger partial charge in [0.15, 0.2) is 0 Å². The molecule has 0 radical (unpaired) electrons. The van der Waals surface area contributed by atoms with Crippen LogP contribution in [0.1, 0.15) is 59.9 Å². The van der Waals surface area contributed by atoms with Crippen LogP contribution in [0.4, 0.5) is 0 Å². The highest BCUT2D eigenvalue weighted by Gasteiger charge is 2.39. The maximum Gasteiger partial charge on any atom is 0.246 e. The van der Waals surface area contributed by atoms with Crippen LogP contribution in [0.3, 0.4) is 0 Å². The summed E-state index contributed by atoms with van der Waals surface area (Å²) < 4.78 is 0. The van der Waals surface area contributed by atoms with Gasteiger partial charge < -0.3 is 25.8 Å². The van der Waals surface area contributed by atoms with Gasteiger partial charge in [-0.25, -0.2) is 0 Å². The van der Waals surface area contributed by atoms with E-state index in [1.54, 1.807) is 0 Å². The fourth-order valence-electron chi connectivity index (χ4n) is 6.33. The largest absolute Gasteiger partial charge is 0.361 e. The number of hydrogen-bond acceptors (Lipinski definition) is 4. The fourth-order valence-corrected chi connectivity index (χ4v) is 6.33. The molecule has 5 rings (SSSR count). The number of para-hydroxylation sites is 1. The van der Waals surface area contributed by atoms with Gasteiger partial charge in [-0.1, -0.05) is 49.6 Å². The van der Waals surface area contributed by atoms with Gasteiger partial charge >= 0.3 is 0 Å². The molecule has 1 saturated carbocycles. The molecule has 2 unspecified atom stereocenters. The van der Waals surface area contributed by atoms with Crippen molar-refractivity contribution in [2.75, 3.05) is 13.1 Å². The van der Waals surface area contributed by atoms with E-state index in [0.717, 1.165) is 65.3 Å². The molecule has 9 heteroatoms. The number of amides is 4. The number of aromatic amines is 1. The lowest BCUT2D eigenvalue weighted by Gasteiger charge is -2.37. The predicted molar refractivity (Wildman–Crippen MR) is 162 cm³/mol. The summed E-state index contributed by atoms with van der Waals surface area (Å²) in [6.45, 7) is 6.07. The van der Waals surface area contributed by atoms with Crippen LogP contribution in [-0.2, 0) is 32.1 Å². The SMILES string of the molecule is Cc1cc(CNC(=O)C(Cc2c[nH]c3ccccc23)NC(=O)CN2CC(=O)NC(C3CCCCC3)C2=O)cc(C)c1C. The number of carbonyl (C=O) groups excluding carboxylic acids is 4. The maximum atomic E-state index is 13.5. The normalized spacial score (nSPS) is 18.5. The Bertz CT molecular complexity index is 1470. The smallest absolute Gasteiger partial charge is 0.246 e. The summed E-state index contributed by atoms with van der Waals surface area (Å²) in [7, 11) is 0. The molecule has 9 nitrogen and oxygen atoms in total. The summed E-state index contributed by atoms with van der Waals surface area (Å²) in [4.78, 5) is 57.2. The molecule has 4 N–H and O–H groups in total. The van der Waals surface area contributed by atoms with E-state index in [9.17, 15) is 19.2 Å². The third-order valence-electron chi connectivity index (χ3n) is 8.89. The van der Waals surface area contributed by atoms with Crippen molar-refractivity contribution < 1.29 is 19.2 Å². The van der Waals surface area contributed by atoms with Crippen molar-refractivity contribution in [2.45, 2.75) is 77.9 Å². The molecule has 3 aromatic rings.